The van der Waals surface area contributed by atoms with E-state index >= 15 is 0 Å². The van der Waals surface area contributed by atoms with Gasteiger partial charge in [-0.3, -0.25) is 9.59 Å². The van der Waals surface area contributed by atoms with Gasteiger partial charge in [0.1, 0.15) is 0 Å². The largest absolute Gasteiger partial charge is 0.342 e. The third-order valence-electron chi connectivity index (χ3n) is 5.49. The van der Waals surface area contributed by atoms with E-state index in [1.165, 1.54) is 4.88 Å². The Balaban J connectivity index is 1.37. The summed E-state index contributed by atoms with van der Waals surface area (Å²) >= 11 is 1.76. The minimum Gasteiger partial charge on any atom is -0.342 e. The molecule has 23 heavy (non-hydrogen) atoms. The molecule has 0 radical (unpaired) electrons. The number of thiophene rings is 1. The second kappa shape index (κ2) is 6.27. The molecule has 3 fully saturated rings. The summed E-state index contributed by atoms with van der Waals surface area (Å²) in [4.78, 5) is 30.5. The predicted octanol–water partition coefficient (Wildman–Crippen LogP) is 3.06. The minimum atomic E-state index is 0.110. The molecule has 0 aromatic carbocycles. The number of hydrogen-bond donors (Lipinski definition) is 0. The normalized spacial score (nSPS) is 25.8. The van der Waals surface area contributed by atoms with Crippen LogP contribution in [0.25, 0.3) is 0 Å². The highest BCUT2D eigenvalue weighted by Crippen LogP contribution is 2.37. The van der Waals surface area contributed by atoms with Crippen LogP contribution in [0.1, 0.15) is 49.4 Å². The first-order valence-corrected chi connectivity index (χ1v) is 9.74. The Bertz CT molecular complexity index is 574. The van der Waals surface area contributed by atoms with Crippen molar-refractivity contribution in [3.05, 3.63) is 22.4 Å². The van der Waals surface area contributed by atoms with E-state index in [2.05, 4.69) is 22.4 Å². The van der Waals surface area contributed by atoms with E-state index in [1.54, 1.807) is 11.3 Å². The highest BCUT2D eigenvalue weighted by molar-refractivity contribution is 7.10. The van der Waals surface area contributed by atoms with Gasteiger partial charge < -0.3 is 9.80 Å². The fraction of sp³-hybridized carbons (Fsp3) is 0.667. The van der Waals surface area contributed by atoms with Gasteiger partial charge in [-0.05, 0) is 50.0 Å². The lowest BCUT2D eigenvalue weighted by molar-refractivity contribution is -0.141. The van der Waals surface area contributed by atoms with Gasteiger partial charge in [0.25, 0.3) is 0 Å². The van der Waals surface area contributed by atoms with Crippen molar-refractivity contribution in [1.82, 2.24) is 9.80 Å². The monoisotopic (exact) mass is 332 g/mol. The van der Waals surface area contributed by atoms with E-state index in [4.69, 9.17) is 0 Å². The minimum absolute atomic E-state index is 0.110. The lowest BCUT2D eigenvalue weighted by Gasteiger charge is -2.35. The van der Waals surface area contributed by atoms with Crippen LogP contribution in [0.2, 0.25) is 0 Å². The first-order chi connectivity index (χ1) is 11.2. The molecule has 3 heterocycles. The van der Waals surface area contributed by atoms with E-state index in [0.717, 1.165) is 58.2 Å². The molecule has 1 saturated carbocycles. The summed E-state index contributed by atoms with van der Waals surface area (Å²) in [5.74, 6) is 1.05. The molecule has 4 nitrogen and oxygen atoms in total. The molecule has 1 aromatic rings. The van der Waals surface area contributed by atoms with Gasteiger partial charge in [0, 0.05) is 36.3 Å². The maximum Gasteiger partial charge on any atom is 0.226 e. The summed E-state index contributed by atoms with van der Waals surface area (Å²) < 4.78 is 0. The summed E-state index contributed by atoms with van der Waals surface area (Å²) in [6.45, 7) is 2.43. The topological polar surface area (TPSA) is 40.6 Å². The van der Waals surface area contributed by atoms with E-state index in [9.17, 15) is 9.59 Å². The molecule has 0 bridgehead atoms. The van der Waals surface area contributed by atoms with Gasteiger partial charge in [-0.1, -0.05) is 6.07 Å². The zero-order valence-electron chi connectivity index (χ0n) is 13.4. The van der Waals surface area contributed by atoms with Gasteiger partial charge in [0.2, 0.25) is 11.8 Å². The summed E-state index contributed by atoms with van der Waals surface area (Å²) in [7, 11) is 0. The molecule has 124 valence electrons. The van der Waals surface area contributed by atoms with Crippen LogP contribution in [0.15, 0.2) is 17.5 Å². The maximum absolute atomic E-state index is 13.0. The molecule has 2 aliphatic heterocycles. The highest BCUT2D eigenvalue weighted by atomic mass is 32.1. The van der Waals surface area contributed by atoms with Crippen LogP contribution < -0.4 is 0 Å². The molecule has 1 atom stereocenters. The quantitative estimate of drug-likeness (QED) is 0.853. The van der Waals surface area contributed by atoms with Gasteiger partial charge in [0.15, 0.2) is 0 Å². The molecule has 0 N–H and O–H groups in total. The molecule has 1 aliphatic carbocycles. The fourth-order valence-electron chi connectivity index (χ4n) is 3.98. The molecule has 5 heteroatoms. The number of piperidine rings is 1. The SMILES string of the molecule is O=C(C1CC1)N1CCC(C(=O)N2CCCC2c2cccs2)CC1. The van der Waals surface area contributed by atoms with E-state index in [1.807, 2.05) is 4.90 Å². The highest BCUT2D eigenvalue weighted by Gasteiger charge is 2.38. The Hall–Kier alpha value is -1.36. The zero-order chi connectivity index (χ0) is 15.8. The van der Waals surface area contributed by atoms with Crippen molar-refractivity contribution in [1.29, 1.82) is 0 Å². The second-order valence-electron chi connectivity index (χ2n) is 7.08. The molecule has 3 aliphatic rings. The van der Waals surface area contributed by atoms with Gasteiger partial charge in [-0.25, -0.2) is 0 Å². The number of rotatable bonds is 3. The van der Waals surface area contributed by atoms with Crippen molar-refractivity contribution in [2.45, 2.75) is 44.6 Å². The summed E-state index contributed by atoms with van der Waals surface area (Å²) in [5, 5.41) is 2.10. The third-order valence-corrected chi connectivity index (χ3v) is 6.46. The molecule has 2 saturated heterocycles. The number of likely N-dealkylation sites (tertiary alicyclic amines) is 2. The second-order valence-corrected chi connectivity index (χ2v) is 8.06. The molecule has 4 rings (SSSR count). The van der Waals surface area contributed by atoms with Crippen molar-refractivity contribution >= 4 is 23.2 Å². The van der Waals surface area contributed by atoms with Crippen LogP contribution in [0, 0.1) is 11.8 Å². The van der Waals surface area contributed by atoms with Crippen LogP contribution in [-0.2, 0) is 9.59 Å². The Morgan fingerprint density at radius 3 is 2.35 bits per heavy atom. The molecular formula is C18H24N2O2S. The van der Waals surface area contributed by atoms with E-state index in [0.29, 0.717) is 17.7 Å². The van der Waals surface area contributed by atoms with Crippen molar-refractivity contribution in [2.75, 3.05) is 19.6 Å². The van der Waals surface area contributed by atoms with Gasteiger partial charge in [0.05, 0.1) is 6.04 Å². The van der Waals surface area contributed by atoms with Gasteiger partial charge in [-0.2, -0.15) is 0 Å². The number of hydrogen-bond acceptors (Lipinski definition) is 3. The molecule has 1 unspecified atom stereocenters. The van der Waals surface area contributed by atoms with Crippen LogP contribution >= 0.6 is 11.3 Å². The van der Waals surface area contributed by atoms with Crippen LogP contribution in [-0.4, -0.2) is 41.2 Å². The van der Waals surface area contributed by atoms with Crippen LogP contribution in [0.3, 0.4) is 0 Å². The summed E-state index contributed by atoms with van der Waals surface area (Å²) in [6.07, 6.45) is 6.00. The Kier molecular flexibility index (Phi) is 4.14. The maximum atomic E-state index is 13.0. The van der Waals surface area contributed by atoms with Gasteiger partial charge >= 0.3 is 0 Å². The third kappa shape index (κ3) is 3.03. The van der Waals surface area contributed by atoms with Crippen molar-refractivity contribution < 1.29 is 9.59 Å². The fourth-order valence-corrected chi connectivity index (χ4v) is 4.85. The predicted molar refractivity (Wildman–Crippen MR) is 90.0 cm³/mol. The number of nitrogens with zero attached hydrogens (tertiary/aromatic N) is 2. The smallest absolute Gasteiger partial charge is 0.226 e. The van der Waals surface area contributed by atoms with Gasteiger partial charge in [-0.15, -0.1) is 11.3 Å². The number of carbonyl (C=O) groups excluding carboxylic acids is 2. The Labute approximate surface area is 141 Å². The first-order valence-electron chi connectivity index (χ1n) is 8.86. The molecule has 2 amide bonds. The van der Waals surface area contributed by atoms with E-state index < -0.39 is 0 Å². The van der Waals surface area contributed by atoms with Crippen molar-refractivity contribution in [2.24, 2.45) is 11.8 Å². The Morgan fingerprint density at radius 2 is 1.70 bits per heavy atom. The average Bonchev–Trinajstić information content (AvgIpc) is 3.09. The zero-order valence-corrected chi connectivity index (χ0v) is 14.3. The van der Waals surface area contributed by atoms with E-state index in [-0.39, 0.29) is 12.0 Å². The lowest BCUT2D eigenvalue weighted by Crippen LogP contribution is -2.44. The molecule has 1 aromatic heterocycles. The van der Waals surface area contributed by atoms with Crippen LogP contribution in [0.5, 0.6) is 0 Å². The summed E-state index contributed by atoms with van der Waals surface area (Å²) in [5.41, 5.74) is 0. The van der Waals surface area contributed by atoms with Crippen molar-refractivity contribution in [3.63, 3.8) is 0 Å². The number of carbonyl (C=O) groups is 2. The standard InChI is InChI=1S/C18H24N2O2S/c21-17(13-5-6-13)19-10-7-14(8-11-19)18(22)20-9-1-3-15(20)16-4-2-12-23-16/h2,4,12-15H,1,3,5-11H2. The average molecular weight is 332 g/mol. The molecule has 0 spiro atoms. The lowest BCUT2D eigenvalue weighted by atomic mass is 9.94. The summed E-state index contributed by atoms with van der Waals surface area (Å²) in [6, 6.07) is 4.51. The Morgan fingerprint density at radius 1 is 0.957 bits per heavy atom. The number of amides is 2. The molecular weight excluding hydrogens is 308 g/mol. The first kappa shape index (κ1) is 15.2. The van der Waals surface area contributed by atoms with Crippen LogP contribution in [0.4, 0.5) is 0 Å². The van der Waals surface area contributed by atoms with Crippen molar-refractivity contribution in [3.8, 4) is 0 Å².